The number of halogens is 1. The van der Waals surface area contributed by atoms with E-state index in [1.165, 1.54) is 11.8 Å². The van der Waals surface area contributed by atoms with Crippen LogP contribution in [0, 0.1) is 0 Å². The highest BCUT2D eigenvalue weighted by atomic mass is 35.5. The third-order valence-corrected chi connectivity index (χ3v) is 4.76. The van der Waals surface area contributed by atoms with Crippen molar-refractivity contribution in [2.75, 3.05) is 0 Å². The van der Waals surface area contributed by atoms with Crippen LogP contribution in [0.5, 0.6) is 0 Å². The molecule has 2 N–H and O–H groups in total. The summed E-state index contributed by atoms with van der Waals surface area (Å²) in [5, 5.41) is 10.9. The van der Waals surface area contributed by atoms with E-state index in [0.29, 0.717) is 22.5 Å². The van der Waals surface area contributed by atoms with Gasteiger partial charge in [0.2, 0.25) is 11.1 Å². The standard InChI is InChI=1S/C18H17ClN4OS/c1-12(17(24)20-11-13-7-9-15(19)10-8-13)25-18-21-16(22-23-18)14-5-3-2-4-6-14/h2-10,12H,11H2,1H3,(H,20,24)(H,21,22,23)/t12-/m1/s1. The van der Waals surface area contributed by atoms with Gasteiger partial charge in [-0.3, -0.25) is 9.89 Å². The number of carbonyl (C=O) groups is 1. The van der Waals surface area contributed by atoms with Crippen molar-refractivity contribution in [3.8, 4) is 11.4 Å². The van der Waals surface area contributed by atoms with Gasteiger partial charge in [0.05, 0.1) is 5.25 Å². The molecule has 0 spiro atoms. The molecule has 1 heterocycles. The van der Waals surface area contributed by atoms with Crippen LogP contribution >= 0.6 is 23.4 Å². The van der Waals surface area contributed by atoms with Gasteiger partial charge in [-0.25, -0.2) is 4.98 Å². The average molecular weight is 373 g/mol. The summed E-state index contributed by atoms with van der Waals surface area (Å²) < 4.78 is 0. The highest BCUT2D eigenvalue weighted by molar-refractivity contribution is 8.00. The first-order valence-corrected chi connectivity index (χ1v) is 9.04. The van der Waals surface area contributed by atoms with Crippen LogP contribution in [0.2, 0.25) is 5.02 Å². The highest BCUT2D eigenvalue weighted by Gasteiger charge is 2.17. The van der Waals surface area contributed by atoms with E-state index in [1.54, 1.807) is 12.1 Å². The molecule has 0 aliphatic rings. The summed E-state index contributed by atoms with van der Waals surface area (Å²) in [6.07, 6.45) is 0. The maximum Gasteiger partial charge on any atom is 0.233 e. The zero-order chi connectivity index (χ0) is 17.6. The minimum atomic E-state index is -0.299. The fourth-order valence-corrected chi connectivity index (χ4v) is 3.05. The van der Waals surface area contributed by atoms with Crippen molar-refractivity contribution in [3.63, 3.8) is 0 Å². The second kappa shape index (κ2) is 8.18. The minimum absolute atomic E-state index is 0.0639. The first kappa shape index (κ1) is 17.5. The summed E-state index contributed by atoms with van der Waals surface area (Å²) in [6.45, 7) is 2.30. The molecule has 0 aliphatic heterocycles. The van der Waals surface area contributed by atoms with Crippen LogP contribution in [0.25, 0.3) is 11.4 Å². The summed E-state index contributed by atoms with van der Waals surface area (Å²) in [4.78, 5) is 16.7. The van der Waals surface area contributed by atoms with Gasteiger partial charge < -0.3 is 5.32 Å². The SMILES string of the molecule is C[C@@H](Sc1n[nH]c(-c2ccccc2)n1)C(=O)NCc1ccc(Cl)cc1. The van der Waals surface area contributed by atoms with Gasteiger partial charge in [-0.1, -0.05) is 65.8 Å². The van der Waals surface area contributed by atoms with Gasteiger partial charge in [-0.2, -0.15) is 0 Å². The lowest BCUT2D eigenvalue weighted by Crippen LogP contribution is -2.30. The molecule has 3 rings (SSSR count). The Morgan fingerprint density at radius 2 is 1.92 bits per heavy atom. The summed E-state index contributed by atoms with van der Waals surface area (Å²) >= 11 is 7.17. The van der Waals surface area contributed by atoms with E-state index in [9.17, 15) is 4.79 Å². The molecular weight excluding hydrogens is 356 g/mol. The molecule has 0 saturated carbocycles. The minimum Gasteiger partial charge on any atom is -0.351 e. The molecule has 1 aromatic heterocycles. The Kier molecular flexibility index (Phi) is 5.73. The lowest BCUT2D eigenvalue weighted by molar-refractivity contribution is -0.120. The predicted octanol–water partition coefficient (Wildman–Crippen LogP) is 3.92. The molecule has 128 valence electrons. The zero-order valence-corrected chi connectivity index (χ0v) is 15.1. The molecule has 5 nitrogen and oxygen atoms in total. The molecule has 1 atom stereocenters. The van der Waals surface area contributed by atoms with Crippen LogP contribution in [0.3, 0.4) is 0 Å². The van der Waals surface area contributed by atoms with E-state index < -0.39 is 0 Å². The van der Waals surface area contributed by atoms with Crippen LogP contribution in [-0.4, -0.2) is 26.3 Å². The van der Waals surface area contributed by atoms with E-state index in [4.69, 9.17) is 11.6 Å². The smallest absolute Gasteiger partial charge is 0.233 e. The lowest BCUT2D eigenvalue weighted by atomic mass is 10.2. The third-order valence-electron chi connectivity index (χ3n) is 3.54. The normalized spacial score (nSPS) is 11.9. The quantitative estimate of drug-likeness (QED) is 0.643. The molecule has 2 aromatic carbocycles. The molecule has 7 heteroatoms. The largest absolute Gasteiger partial charge is 0.351 e. The number of nitrogens with zero attached hydrogens (tertiary/aromatic N) is 2. The Hall–Kier alpha value is -2.31. The fourth-order valence-electron chi connectivity index (χ4n) is 2.17. The Morgan fingerprint density at radius 3 is 2.64 bits per heavy atom. The summed E-state index contributed by atoms with van der Waals surface area (Å²) in [5.41, 5.74) is 1.96. The molecule has 0 unspecified atom stereocenters. The monoisotopic (exact) mass is 372 g/mol. The Labute approximate surface area is 155 Å². The molecule has 3 aromatic rings. The summed E-state index contributed by atoms with van der Waals surface area (Å²) in [7, 11) is 0. The first-order valence-electron chi connectivity index (χ1n) is 7.78. The topological polar surface area (TPSA) is 70.7 Å². The van der Waals surface area contributed by atoms with Crippen molar-refractivity contribution in [2.24, 2.45) is 0 Å². The molecule has 0 saturated heterocycles. The van der Waals surface area contributed by atoms with Gasteiger partial charge in [-0.05, 0) is 24.6 Å². The number of aromatic nitrogens is 3. The molecule has 0 fully saturated rings. The molecule has 25 heavy (non-hydrogen) atoms. The first-order chi connectivity index (χ1) is 12.1. The van der Waals surface area contributed by atoms with E-state index in [2.05, 4.69) is 20.5 Å². The van der Waals surface area contributed by atoms with Gasteiger partial charge in [0, 0.05) is 17.1 Å². The maximum atomic E-state index is 12.2. The van der Waals surface area contributed by atoms with Crippen LogP contribution in [0.1, 0.15) is 12.5 Å². The number of rotatable bonds is 6. The number of aromatic amines is 1. The number of hydrogen-bond donors (Lipinski definition) is 2. The number of carbonyl (C=O) groups excluding carboxylic acids is 1. The highest BCUT2D eigenvalue weighted by Crippen LogP contribution is 2.22. The number of H-pyrrole nitrogens is 1. The average Bonchev–Trinajstić information content (AvgIpc) is 3.10. The lowest BCUT2D eigenvalue weighted by Gasteiger charge is -2.10. The summed E-state index contributed by atoms with van der Waals surface area (Å²) in [6, 6.07) is 17.1. The zero-order valence-electron chi connectivity index (χ0n) is 13.6. The number of thioether (sulfide) groups is 1. The second-order valence-corrected chi connectivity index (χ2v) is 7.18. The van der Waals surface area contributed by atoms with Gasteiger partial charge in [0.25, 0.3) is 0 Å². The number of benzene rings is 2. The van der Waals surface area contributed by atoms with Crippen LogP contribution in [0.4, 0.5) is 0 Å². The van der Waals surface area contributed by atoms with Gasteiger partial charge >= 0.3 is 0 Å². The Morgan fingerprint density at radius 1 is 1.20 bits per heavy atom. The van der Waals surface area contributed by atoms with E-state index >= 15 is 0 Å². The van der Waals surface area contributed by atoms with Gasteiger partial charge in [0.1, 0.15) is 0 Å². The molecule has 0 bridgehead atoms. The van der Waals surface area contributed by atoms with Crippen molar-refractivity contribution in [3.05, 3.63) is 65.2 Å². The predicted molar refractivity (Wildman–Crippen MR) is 100 cm³/mol. The van der Waals surface area contributed by atoms with E-state index in [1.807, 2.05) is 49.4 Å². The Bertz CT molecular complexity index is 836. The van der Waals surface area contributed by atoms with Crippen molar-refractivity contribution < 1.29 is 4.79 Å². The van der Waals surface area contributed by atoms with Crippen molar-refractivity contribution in [2.45, 2.75) is 23.9 Å². The van der Waals surface area contributed by atoms with Crippen LogP contribution in [-0.2, 0) is 11.3 Å². The van der Waals surface area contributed by atoms with E-state index in [0.717, 1.165) is 11.1 Å². The fraction of sp³-hybridized carbons (Fsp3) is 0.167. The van der Waals surface area contributed by atoms with Crippen LogP contribution < -0.4 is 5.32 Å². The molecule has 1 amide bonds. The number of amides is 1. The van der Waals surface area contributed by atoms with Crippen molar-refractivity contribution in [1.29, 1.82) is 0 Å². The summed E-state index contributed by atoms with van der Waals surface area (Å²) in [5.74, 6) is 0.628. The van der Waals surface area contributed by atoms with Crippen LogP contribution in [0.15, 0.2) is 59.8 Å². The van der Waals surface area contributed by atoms with Gasteiger partial charge in [0.15, 0.2) is 5.82 Å². The third kappa shape index (κ3) is 4.84. The molecule has 0 radical (unpaired) electrons. The van der Waals surface area contributed by atoms with Crippen molar-refractivity contribution >= 4 is 29.3 Å². The maximum absolute atomic E-state index is 12.2. The molecule has 0 aliphatic carbocycles. The van der Waals surface area contributed by atoms with Crippen molar-refractivity contribution in [1.82, 2.24) is 20.5 Å². The number of hydrogen-bond acceptors (Lipinski definition) is 4. The molecular formula is C18H17ClN4OS. The van der Waals surface area contributed by atoms with Gasteiger partial charge in [-0.15, -0.1) is 5.10 Å². The van der Waals surface area contributed by atoms with E-state index in [-0.39, 0.29) is 11.2 Å². The second-order valence-electron chi connectivity index (χ2n) is 5.44. The number of nitrogens with one attached hydrogen (secondary N) is 2. The Balaban J connectivity index is 1.54.